The first-order chi connectivity index (χ1) is 12.3. The number of phenols is 1. The smallest absolute Gasteiger partial charge is 0.339 e. The van der Waals surface area contributed by atoms with E-state index in [1.165, 1.54) is 0 Å². The molecular weight excluding hydrogens is 340 g/mol. The zero-order chi connectivity index (χ0) is 19.1. The standard InChI is InChI=1S/C22H26O4.CH4/c1-5-6-7-8-14-12-17-19(20(23)18(14)21(24)25)15-11-13(2)9-10-16(15)22(3,4)26-17;/h9-12,23H,5-8H2,1-4H3,(H,24,25);1H4. The molecular formula is C23H30O4. The van der Waals surface area contributed by atoms with Crippen LogP contribution in [0.5, 0.6) is 11.5 Å². The number of benzene rings is 2. The van der Waals surface area contributed by atoms with Crippen LogP contribution in [-0.2, 0) is 12.0 Å². The van der Waals surface area contributed by atoms with Gasteiger partial charge >= 0.3 is 5.97 Å². The summed E-state index contributed by atoms with van der Waals surface area (Å²) in [4.78, 5) is 11.9. The van der Waals surface area contributed by atoms with Gasteiger partial charge in [0.15, 0.2) is 0 Å². The quantitative estimate of drug-likeness (QED) is 0.628. The maximum atomic E-state index is 11.9. The van der Waals surface area contributed by atoms with E-state index >= 15 is 0 Å². The lowest BCUT2D eigenvalue weighted by molar-refractivity contribution is 0.0692. The molecule has 146 valence electrons. The summed E-state index contributed by atoms with van der Waals surface area (Å²) in [6.07, 6.45) is 3.57. The number of carboxylic acid groups (broad SMARTS) is 1. The van der Waals surface area contributed by atoms with E-state index in [0.29, 0.717) is 23.3 Å². The van der Waals surface area contributed by atoms with Gasteiger partial charge in [0.25, 0.3) is 0 Å². The number of aryl methyl sites for hydroxylation is 2. The first-order valence-corrected chi connectivity index (χ1v) is 9.19. The molecule has 0 fully saturated rings. The first-order valence-electron chi connectivity index (χ1n) is 9.19. The molecule has 0 aromatic heterocycles. The second-order valence-corrected chi connectivity index (χ2v) is 7.56. The summed E-state index contributed by atoms with van der Waals surface area (Å²) in [5, 5.41) is 20.6. The Labute approximate surface area is 161 Å². The van der Waals surface area contributed by atoms with Crippen LogP contribution in [0.4, 0.5) is 0 Å². The zero-order valence-electron chi connectivity index (χ0n) is 15.8. The van der Waals surface area contributed by atoms with Crippen LogP contribution < -0.4 is 4.74 Å². The molecule has 0 unspecified atom stereocenters. The lowest BCUT2D eigenvalue weighted by atomic mass is 9.83. The van der Waals surface area contributed by atoms with Crippen LogP contribution in [0.15, 0.2) is 24.3 Å². The van der Waals surface area contributed by atoms with Crippen molar-refractivity contribution in [3.05, 3.63) is 46.5 Å². The van der Waals surface area contributed by atoms with Crippen LogP contribution in [0.1, 0.15) is 74.5 Å². The Hall–Kier alpha value is -2.49. The van der Waals surface area contributed by atoms with Crippen molar-refractivity contribution < 1.29 is 19.7 Å². The molecule has 2 aromatic carbocycles. The second-order valence-electron chi connectivity index (χ2n) is 7.56. The maximum Gasteiger partial charge on any atom is 0.339 e. The summed E-state index contributed by atoms with van der Waals surface area (Å²) < 4.78 is 6.20. The van der Waals surface area contributed by atoms with Crippen molar-refractivity contribution in [3.8, 4) is 22.6 Å². The van der Waals surface area contributed by atoms with E-state index in [1.54, 1.807) is 6.07 Å². The molecule has 2 aromatic rings. The van der Waals surface area contributed by atoms with Crippen molar-refractivity contribution in [3.63, 3.8) is 0 Å². The Kier molecular flexibility index (Phi) is 5.88. The van der Waals surface area contributed by atoms with E-state index in [-0.39, 0.29) is 18.7 Å². The molecule has 1 aliphatic rings. The van der Waals surface area contributed by atoms with E-state index in [4.69, 9.17) is 4.74 Å². The SMILES string of the molecule is C.CCCCCc1cc2c(c(O)c1C(=O)O)-c1cc(C)ccc1C(C)(C)O2. The molecule has 0 aliphatic carbocycles. The largest absolute Gasteiger partial charge is 0.506 e. The van der Waals surface area contributed by atoms with E-state index in [0.717, 1.165) is 36.0 Å². The highest BCUT2D eigenvalue weighted by molar-refractivity contribution is 5.98. The molecule has 0 saturated carbocycles. The van der Waals surface area contributed by atoms with Crippen molar-refractivity contribution in [1.29, 1.82) is 0 Å². The van der Waals surface area contributed by atoms with Gasteiger partial charge in [-0.1, -0.05) is 51.0 Å². The predicted octanol–water partition coefficient (Wildman–Crippen LogP) is 6.06. The summed E-state index contributed by atoms with van der Waals surface area (Å²) in [6, 6.07) is 7.79. The minimum atomic E-state index is -1.10. The molecule has 1 aliphatic heterocycles. The Morgan fingerprint density at radius 2 is 1.89 bits per heavy atom. The maximum absolute atomic E-state index is 11.9. The third-order valence-corrected chi connectivity index (χ3v) is 5.07. The molecule has 4 heteroatoms. The van der Waals surface area contributed by atoms with Gasteiger partial charge in [-0.05, 0) is 50.8 Å². The van der Waals surface area contributed by atoms with Crippen molar-refractivity contribution in [2.45, 2.75) is 66.4 Å². The lowest BCUT2D eigenvalue weighted by Gasteiger charge is -2.36. The fraction of sp³-hybridized carbons (Fsp3) is 0.435. The number of fused-ring (bicyclic) bond motifs is 3. The lowest BCUT2D eigenvalue weighted by Crippen LogP contribution is -2.29. The number of aromatic carboxylic acids is 1. The fourth-order valence-electron chi connectivity index (χ4n) is 3.76. The third kappa shape index (κ3) is 3.66. The molecule has 3 rings (SSSR count). The number of ether oxygens (including phenoxy) is 1. The van der Waals surface area contributed by atoms with Gasteiger partial charge in [0.05, 0.1) is 5.56 Å². The Balaban J connectivity index is 0.00000261. The molecule has 0 amide bonds. The molecule has 0 radical (unpaired) electrons. The predicted molar refractivity (Wildman–Crippen MR) is 109 cm³/mol. The highest BCUT2D eigenvalue weighted by atomic mass is 16.5. The van der Waals surface area contributed by atoms with Gasteiger partial charge in [-0.3, -0.25) is 0 Å². The van der Waals surface area contributed by atoms with Crippen molar-refractivity contribution >= 4 is 5.97 Å². The minimum absolute atomic E-state index is 0. The Bertz CT molecular complexity index is 865. The number of hydrogen-bond acceptors (Lipinski definition) is 3. The average molecular weight is 370 g/mol. The van der Waals surface area contributed by atoms with Crippen LogP contribution >= 0.6 is 0 Å². The van der Waals surface area contributed by atoms with Gasteiger partial charge in [-0.2, -0.15) is 0 Å². The van der Waals surface area contributed by atoms with Gasteiger partial charge in [0.1, 0.15) is 22.7 Å². The number of unbranched alkanes of at least 4 members (excludes halogenated alkanes) is 2. The van der Waals surface area contributed by atoms with Gasteiger partial charge in [-0.25, -0.2) is 4.79 Å². The van der Waals surface area contributed by atoms with Crippen LogP contribution in [0, 0.1) is 6.92 Å². The molecule has 0 saturated heterocycles. The van der Waals surface area contributed by atoms with Crippen molar-refractivity contribution in [2.24, 2.45) is 0 Å². The molecule has 27 heavy (non-hydrogen) atoms. The monoisotopic (exact) mass is 370 g/mol. The van der Waals surface area contributed by atoms with Crippen LogP contribution in [0.2, 0.25) is 0 Å². The minimum Gasteiger partial charge on any atom is -0.506 e. The van der Waals surface area contributed by atoms with Crippen LogP contribution in [0.25, 0.3) is 11.1 Å². The van der Waals surface area contributed by atoms with Crippen LogP contribution in [-0.4, -0.2) is 16.2 Å². The van der Waals surface area contributed by atoms with Crippen molar-refractivity contribution in [1.82, 2.24) is 0 Å². The average Bonchev–Trinajstić information content (AvgIpc) is 2.53. The Morgan fingerprint density at radius 1 is 1.19 bits per heavy atom. The van der Waals surface area contributed by atoms with E-state index in [1.807, 2.05) is 39.0 Å². The first kappa shape index (κ1) is 20.8. The normalized spacial score (nSPS) is 13.8. The molecule has 0 spiro atoms. The van der Waals surface area contributed by atoms with Crippen molar-refractivity contribution in [2.75, 3.05) is 0 Å². The molecule has 2 N–H and O–H groups in total. The van der Waals surface area contributed by atoms with Gasteiger partial charge in [0, 0.05) is 5.56 Å². The second kappa shape index (κ2) is 7.63. The van der Waals surface area contributed by atoms with E-state index in [2.05, 4.69) is 6.92 Å². The topological polar surface area (TPSA) is 66.8 Å². The summed E-state index contributed by atoms with van der Waals surface area (Å²) in [5.41, 5.74) is 3.41. The number of carbonyl (C=O) groups is 1. The molecule has 1 heterocycles. The van der Waals surface area contributed by atoms with E-state index in [9.17, 15) is 15.0 Å². The summed E-state index contributed by atoms with van der Waals surface area (Å²) in [5.74, 6) is -0.734. The van der Waals surface area contributed by atoms with Gasteiger partial charge in [-0.15, -0.1) is 0 Å². The van der Waals surface area contributed by atoms with Crippen LogP contribution in [0.3, 0.4) is 0 Å². The number of carboxylic acids is 1. The fourth-order valence-corrected chi connectivity index (χ4v) is 3.76. The number of aromatic hydroxyl groups is 1. The summed E-state index contributed by atoms with van der Waals surface area (Å²) >= 11 is 0. The molecule has 0 atom stereocenters. The number of rotatable bonds is 5. The van der Waals surface area contributed by atoms with Gasteiger partial charge in [0.2, 0.25) is 0 Å². The van der Waals surface area contributed by atoms with E-state index < -0.39 is 11.6 Å². The zero-order valence-corrected chi connectivity index (χ0v) is 15.8. The summed E-state index contributed by atoms with van der Waals surface area (Å²) in [6.45, 7) is 8.07. The third-order valence-electron chi connectivity index (χ3n) is 5.07. The highest BCUT2D eigenvalue weighted by Crippen LogP contribution is 2.51. The molecule has 0 bridgehead atoms. The molecule has 4 nitrogen and oxygen atoms in total. The van der Waals surface area contributed by atoms with Gasteiger partial charge < -0.3 is 14.9 Å². The highest BCUT2D eigenvalue weighted by Gasteiger charge is 2.36. The Morgan fingerprint density at radius 3 is 2.52 bits per heavy atom. The number of hydrogen-bond donors (Lipinski definition) is 2. The summed E-state index contributed by atoms with van der Waals surface area (Å²) in [7, 11) is 0.